The number of nitriles is 1. The van der Waals surface area contributed by atoms with E-state index in [4.69, 9.17) is 5.26 Å². The normalized spacial score (nSPS) is 9.95. The third kappa shape index (κ3) is 3.07. The van der Waals surface area contributed by atoms with E-state index in [2.05, 4.69) is 40.3 Å². The molecule has 102 valence electrons. The van der Waals surface area contributed by atoms with Crippen molar-refractivity contribution in [1.29, 1.82) is 5.26 Å². The molecule has 1 N–H and O–H groups in total. The molecule has 0 saturated carbocycles. The number of hydrogen-bond donors (Lipinski definition) is 1. The first-order valence-electron chi connectivity index (χ1n) is 6.43. The molecular weight excluding hydrogens is 248 g/mol. The van der Waals surface area contributed by atoms with Gasteiger partial charge in [0.25, 0.3) is 0 Å². The fraction of sp³-hybridized carbons (Fsp3) is 0.250. The standard InChI is InChI=1S/C16H18N4/c1-11-5-6-14(9-15(11)20(3)4)19-16-8-13(10-17)7-12(2)18-16/h5-9H,1-4H3,(H,18,19). The van der Waals surface area contributed by atoms with E-state index in [1.807, 2.05) is 27.1 Å². The van der Waals surface area contributed by atoms with E-state index in [0.29, 0.717) is 11.4 Å². The minimum Gasteiger partial charge on any atom is -0.377 e. The summed E-state index contributed by atoms with van der Waals surface area (Å²) in [6.07, 6.45) is 0. The summed E-state index contributed by atoms with van der Waals surface area (Å²) in [6.45, 7) is 3.96. The molecule has 0 aliphatic carbocycles. The van der Waals surface area contributed by atoms with Crippen molar-refractivity contribution in [3.63, 3.8) is 0 Å². The fourth-order valence-electron chi connectivity index (χ4n) is 2.11. The SMILES string of the molecule is Cc1cc(C#N)cc(Nc2ccc(C)c(N(C)C)c2)n1. The number of pyridine rings is 1. The highest BCUT2D eigenvalue weighted by Crippen LogP contribution is 2.24. The molecule has 0 fully saturated rings. The van der Waals surface area contributed by atoms with Gasteiger partial charge < -0.3 is 10.2 Å². The minimum atomic E-state index is 0.611. The van der Waals surface area contributed by atoms with E-state index in [-0.39, 0.29) is 0 Å². The molecule has 20 heavy (non-hydrogen) atoms. The Kier molecular flexibility index (Phi) is 3.90. The van der Waals surface area contributed by atoms with Gasteiger partial charge >= 0.3 is 0 Å². The van der Waals surface area contributed by atoms with Crippen molar-refractivity contribution in [1.82, 2.24) is 4.98 Å². The van der Waals surface area contributed by atoms with Gasteiger partial charge in [0.2, 0.25) is 0 Å². The van der Waals surface area contributed by atoms with Crippen LogP contribution >= 0.6 is 0 Å². The van der Waals surface area contributed by atoms with Crippen LogP contribution in [0.4, 0.5) is 17.2 Å². The average molecular weight is 266 g/mol. The summed E-state index contributed by atoms with van der Waals surface area (Å²) < 4.78 is 0. The Balaban J connectivity index is 2.33. The van der Waals surface area contributed by atoms with E-state index < -0.39 is 0 Å². The van der Waals surface area contributed by atoms with Gasteiger partial charge in [-0.2, -0.15) is 5.26 Å². The van der Waals surface area contributed by atoms with Crippen LogP contribution in [0.2, 0.25) is 0 Å². The topological polar surface area (TPSA) is 52.0 Å². The highest BCUT2D eigenvalue weighted by molar-refractivity contribution is 5.66. The lowest BCUT2D eigenvalue weighted by Crippen LogP contribution is -2.10. The molecular formula is C16H18N4. The Hall–Kier alpha value is -2.54. The zero-order valence-corrected chi connectivity index (χ0v) is 12.2. The average Bonchev–Trinajstić information content (AvgIpc) is 2.40. The number of benzene rings is 1. The van der Waals surface area contributed by atoms with Crippen LogP contribution in [0.1, 0.15) is 16.8 Å². The van der Waals surface area contributed by atoms with Gasteiger partial charge in [-0.05, 0) is 43.7 Å². The predicted molar refractivity (Wildman–Crippen MR) is 82.5 cm³/mol. The van der Waals surface area contributed by atoms with Crippen molar-refractivity contribution >= 4 is 17.2 Å². The summed E-state index contributed by atoms with van der Waals surface area (Å²) in [4.78, 5) is 6.47. The maximum absolute atomic E-state index is 8.99. The lowest BCUT2D eigenvalue weighted by Gasteiger charge is -2.17. The van der Waals surface area contributed by atoms with Crippen LogP contribution in [0.15, 0.2) is 30.3 Å². The summed E-state index contributed by atoms with van der Waals surface area (Å²) in [5.41, 5.74) is 4.77. The van der Waals surface area contributed by atoms with Crippen molar-refractivity contribution < 1.29 is 0 Å². The molecule has 0 radical (unpaired) electrons. The third-order valence-electron chi connectivity index (χ3n) is 3.05. The fourth-order valence-corrected chi connectivity index (χ4v) is 2.11. The molecule has 2 aromatic rings. The van der Waals surface area contributed by atoms with Crippen molar-refractivity contribution in [3.05, 3.63) is 47.2 Å². The molecule has 4 heteroatoms. The number of hydrogen-bond acceptors (Lipinski definition) is 4. The van der Waals surface area contributed by atoms with Crippen LogP contribution in [0, 0.1) is 25.2 Å². The predicted octanol–water partition coefficient (Wildman–Crippen LogP) is 3.38. The maximum Gasteiger partial charge on any atom is 0.131 e. The molecule has 1 aromatic carbocycles. The summed E-state index contributed by atoms with van der Waals surface area (Å²) in [5.74, 6) is 0.690. The molecule has 0 amide bonds. The number of aryl methyl sites for hydroxylation is 2. The van der Waals surface area contributed by atoms with Crippen LogP contribution in [0.3, 0.4) is 0 Å². The molecule has 2 rings (SSSR count). The van der Waals surface area contributed by atoms with Crippen LogP contribution in [0.25, 0.3) is 0 Å². The lowest BCUT2D eigenvalue weighted by atomic mass is 10.1. The first kappa shape index (κ1) is 13.9. The molecule has 1 aromatic heterocycles. The lowest BCUT2D eigenvalue weighted by molar-refractivity contribution is 1.11. The maximum atomic E-state index is 8.99. The van der Waals surface area contributed by atoms with Crippen molar-refractivity contribution in [2.75, 3.05) is 24.3 Å². The van der Waals surface area contributed by atoms with Gasteiger partial charge in [0.15, 0.2) is 0 Å². The van der Waals surface area contributed by atoms with Crippen molar-refractivity contribution in [2.45, 2.75) is 13.8 Å². The van der Waals surface area contributed by atoms with Crippen molar-refractivity contribution in [3.8, 4) is 6.07 Å². The number of aromatic nitrogens is 1. The van der Waals surface area contributed by atoms with Gasteiger partial charge in [-0.25, -0.2) is 4.98 Å². The summed E-state index contributed by atoms with van der Waals surface area (Å²) in [6, 6.07) is 11.8. The van der Waals surface area contributed by atoms with E-state index in [1.54, 1.807) is 12.1 Å². The van der Waals surface area contributed by atoms with Gasteiger partial charge in [0.05, 0.1) is 11.6 Å². The molecule has 0 unspecified atom stereocenters. The second-order valence-corrected chi connectivity index (χ2v) is 5.01. The first-order valence-corrected chi connectivity index (χ1v) is 6.43. The number of nitrogens with one attached hydrogen (secondary N) is 1. The zero-order valence-electron chi connectivity index (χ0n) is 12.2. The first-order chi connectivity index (χ1) is 9.49. The third-order valence-corrected chi connectivity index (χ3v) is 3.05. The summed E-state index contributed by atoms with van der Waals surface area (Å²) in [7, 11) is 4.04. The van der Waals surface area contributed by atoms with Gasteiger partial charge in [-0.3, -0.25) is 0 Å². The molecule has 0 atom stereocenters. The van der Waals surface area contributed by atoms with Crippen LogP contribution in [-0.4, -0.2) is 19.1 Å². The van der Waals surface area contributed by atoms with E-state index >= 15 is 0 Å². The van der Waals surface area contributed by atoms with Crippen LogP contribution in [-0.2, 0) is 0 Å². The van der Waals surface area contributed by atoms with Gasteiger partial charge in [0, 0.05) is 31.2 Å². The molecule has 4 nitrogen and oxygen atoms in total. The Morgan fingerprint density at radius 2 is 1.90 bits per heavy atom. The Bertz CT molecular complexity index is 669. The Morgan fingerprint density at radius 1 is 1.15 bits per heavy atom. The Morgan fingerprint density at radius 3 is 2.55 bits per heavy atom. The van der Waals surface area contributed by atoms with E-state index in [0.717, 1.165) is 17.1 Å². The zero-order chi connectivity index (χ0) is 14.7. The highest BCUT2D eigenvalue weighted by atomic mass is 15.1. The largest absolute Gasteiger partial charge is 0.377 e. The summed E-state index contributed by atoms with van der Waals surface area (Å²) >= 11 is 0. The smallest absolute Gasteiger partial charge is 0.131 e. The van der Waals surface area contributed by atoms with Crippen LogP contribution < -0.4 is 10.2 Å². The highest BCUT2D eigenvalue weighted by Gasteiger charge is 2.04. The van der Waals surface area contributed by atoms with E-state index in [9.17, 15) is 0 Å². The monoisotopic (exact) mass is 266 g/mol. The number of rotatable bonds is 3. The molecule has 0 aliphatic heterocycles. The van der Waals surface area contributed by atoms with Gasteiger partial charge in [-0.1, -0.05) is 6.07 Å². The molecule has 1 heterocycles. The quantitative estimate of drug-likeness (QED) is 0.925. The second-order valence-electron chi connectivity index (χ2n) is 5.01. The van der Waals surface area contributed by atoms with Gasteiger partial charge in [0.1, 0.15) is 5.82 Å². The van der Waals surface area contributed by atoms with Crippen molar-refractivity contribution in [2.24, 2.45) is 0 Å². The molecule has 0 bridgehead atoms. The molecule has 0 aliphatic rings. The number of anilines is 3. The molecule has 0 spiro atoms. The number of nitrogens with zero attached hydrogens (tertiary/aromatic N) is 3. The van der Waals surface area contributed by atoms with Crippen LogP contribution in [0.5, 0.6) is 0 Å². The summed E-state index contributed by atoms with van der Waals surface area (Å²) in [5, 5.41) is 12.2. The molecule has 0 saturated heterocycles. The minimum absolute atomic E-state index is 0.611. The van der Waals surface area contributed by atoms with Gasteiger partial charge in [-0.15, -0.1) is 0 Å². The second kappa shape index (κ2) is 5.62. The van der Waals surface area contributed by atoms with E-state index in [1.165, 1.54) is 5.56 Å². The Labute approximate surface area is 119 Å².